The number of hydrogen-bond acceptors (Lipinski definition) is 2. The van der Waals surface area contributed by atoms with Gasteiger partial charge >= 0.3 is 0 Å². The van der Waals surface area contributed by atoms with Gasteiger partial charge in [-0.1, -0.05) is 65.7 Å². The molecule has 0 atom stereocenters. The molecule has 0 bridgehead atoms. The van der Waals surface area contributed by atoms with E-state index in [1.807, 2.05) is 59.5 Å². The summed E-state index contributed by atoms with van der Waals surface area (Å²) in [6.45, 7) is 0.703. The summed E-state index contributed by atoms with van der Waals surface area (Å²) in [7, 11) is 0. The van der Waals surface area contributed by atoms with Gasteiger partial charge in [-0.25, -0.2) is 4.98 Å². The van der Waals surface area contributed by atoms with Crippen molar-refractivity contribution in [2.45, 2.75) is 12.8 Å². The summed E-state index contributed by atoms with van der Waals surface area (Å²) >= 11 is 12.3. The standard InChI is InChI=1S/C25H18Cl2N2O/c26-20-12-11-17(14-21(20)27)23-15-19(18-8-2-3-9-22(18)28-23)25(30)29-13-5-7-16-6-1-4-10-24(16)29/h1-4,6,8-12,14-15H,5,7,13H2. The van der Waals surface area contributed by atoms with Crippen LogP contribution in [0, 0.1) is 0 Å². The number of anilines is 1. The van der Waals surface area contributed by atoms with Crippen LogP contribution in [0.5, 0.6) is 0 Å². The van der Waals surface area contributed by atoms with Crippen molar-refractivity contribution in [2.75, 3.05) is 11.4 Å². The normalized spacial score (nSPS) is 13.3. The first-order chi connectivity index (χ1) is 14.6. The van der Waals surface area contributed by atoms with Gasteiger partial charge in [0, 0.05) is 23.2 Å². The highest BCUT2D eigenvalue weighted by molar-refractivity contribution is 6.42. The molecule has 4 aromatic rings. The third kappa shape index (κ3) is 3.34. The number of rotatable bonds is 2. The summed E-state index contributed by atoms with van der Waals surface area (Å²) in [6.07, 6.45) is 1.94. The maximum absolute atomic E-state index is 13.7. The second-order valence-electron chi connectivity index (χ2n) is 7.39. The number of carbonyl (C=O) groups is 1. The Hall–Kier alpha value is -2.88. The molecule has 3 aromatic carbocycles. The molecule has 1 aliphatic rings. The van der Waals surface area contributed by atoms with Crippen molar-refractivity contribution in [3.8, 4) is 11.3 Å². The van der Waals surface area contributed by atoms with E-state index in [-0.39, 0.29) is 5.91 Å². The fourth-order valence-corrected chi connectivity index (χ4v) is 4.34. The molecule has 30 heavy (non-hydrogen) atoms. The van der Waals surface area contributed by atoms with Crippen molar-refractivity contribution in [2.24, 2.45) is 0 Å². The predicted molar refractivity (Wildman–Crippen MR) is 124 cm³/mol. The van der Waals surface area contributed by atoms with Crippen LogP contribution < -0.4 is 4.90 Å². The van der Waals surface area contributed by atoms with Gasteiger partial charge in [0.05, 0.1) is 26.8 Å². The van der Waals surface area contributed by atoms with Crippen molar-refractivity contribution in [1.29, 1.82) is 0 Å². The lowest BCUT2D eigenvalue weighted by molar-refractivity contribution is 0.0986. The Morgan fingerprint density at radius 1 is 0.900 bits per heavy atom. The first-order valence-electron chi connectivity index (χ1n) is 9.87. The second-order valence-corrected chi connectivity index (χ2v) is 8.20. The van der Waals surface area contributed by atoms with Crippen LogP contribution in [0.2, 0.25) is 10.0 Å². The Labute approximate surface area is 184 Å². The van der Waals surface area contributed by atoms with Crippen LogP contribution in [0.15, 0.2) is 72.8 Å². The third-order valence-corrected chi connectivity index (χ3v) is 6.26. The highest BCUT2D eigenvalue weighted by atomic mass is 35.5. The minimum absolute atomic E-state index is 0.0120. The van der Waals surface area contributed by atoms with E-state index >= 15 is 0 Å². The SMILES string of the molecule is O=C(c1cc(-c2ccc(Cl)c(Cl)c2)nc2ccccc12)N1CCCc2ccccc21. The molecule has 148 valence electrons. The number of aryl methyl sites for hydroxylation is 1. The van der Waals surface area contributed by atoms with Crippen molar-refractivity contribution in [3.05, 3.63) is 94.0 Å². The smallest absolute Gasteiger partial charge is 0.259 e. The molecule has 0 spiro atoms. The molecule has 0 saturated heterocycles. The molecule has 0 aliphatic carbocycles. The molecule has 1 aliphatic heterocycles. The number of halogens is 2. The molecule has 0 radical (unpaired) electrons. The zero-order valence-corrected chi connectivity index (χ0v) is 17.6. The Bertz CT molecular complexity index is 1290. The molecular weight excluding hydrogens is 415 g/mol. The highest BCUT2D eigenvalue weighted by Crippen LogP contribution is 2.33. The summed E-state index contributed by atoms with van der Waals surface area (Å²) in [5.74, 6) is -0.0120. The summed E-state index contributed by atoms with van der Waals surface area (Å²) in [5.41, 5.74) is 5.13. The highest BCUT2D eigenvalue weighted by Gasteiger charge is 2.25. The van der Waals surface area contributed by atoms with E-state index in [0.29, 0.717) is 27.8 Å². The van der Waals surface area contributed by atoms with E-state index in [2.05, 4.69) is 6.07 Å². The monoisotopic (exact) mass is 432 g/mol. The zero-order chi connectivity index (χ0) is 20.7. The second kappa shape index (κ2) is 7.75. The maximum Gasteiger partial charge on any atom is 0.259 e. The summed E-state index contributed by atoms with van der Waals surface area (Å²) in [4.78, 5) is 20.4. The maximum atomic E-state index is 13.7. The van der Waals surface area contributed by atoms with Crippen molar-refractivity contribution in [1.82, 2.24) is 4.98 Å². The topological polar surface area (TPSA) is 33.2 Å². The van der Waals surface area contributed by atoms with Gasteiger partial charge in [-0.2, -0.15) is 0 Å². The largest absolute Gasteiger partial charge is 0.308 e. The van der Waals surface area contributed by atoms with Crippen LogP contribution in [-0.4, -0.2) is 17.4 Å². The van der Waals surface area contributed by atoms with Gasteiger partial charge in [0.1, 0.15) is 0 Å². The minimum Gasteiger partial charge on any atom is -0.308 e. The van der Waals surface area contributed by atoms with E-state index in [1.165, 1.54) is 5.56 Å². The molecule has 0 N–H and O–H groups in total. The van der Waals surface area contributed by atoms with Crippen LogP contribution in [0.4, 0.5) is 5.69 Å². The number of fused-ring (bicyclic) bond motifs is 2. The molecule has 5 rings (SSSR count). The fraction of sp³-hybridized carbons (Fsp3) is 0.120. The van der Waals surface area contributed by atoms with Gasteiger partial charge in [-0.3, -0.25) is 4.79 Å². The average Bonchev–Trinajstić information content (AvgIpc) is 2.79. The fourth-order valence-electron chi connectivity index (χ4n) is 4.05. The number of amides is 1. The van der Waals surface area contributed by atoms with Crippen LogP contribution in [0.25, 0.3) is 22.2 Å². The number of benzene rings is 3. The Morgan fingerprint density at radius 3 is 2.57 bits per heavy atom. The van der Waals surface area contributed by atoms with E-state index in [0.717, 1.165) is 35.0 Å². The summed E-state index contributed by atoms with van der Waals surface area (Å²) in [6, 6.07) is 23.1. The number of nitrogens with zero attached hydrogens (tertiary/aromatic N) is 2. The third-order valence-electron chi connectivity index (χ3n) is 5.52. The molecule has 0 unspecified atom stereocenters. The first kappa shape index (κ1) is 19.1. The van der Waals surface area contributed by atoms with Crippen LogP contribution in [-0.2, 0) is 6.42 Å². The van der Waals surface area contributed by atoms with Gasteiger partial charge in [0.25, 0.3) is 5.91 Å². The Balaban J connectivity index is 1.67. The lowest BCUT2D eigenvalue weighted by Crippen LogP contribution is -2.35. The van der Waals surface area contributed by atoms with E-state index in [4.69, 9.17) is 28.2 Å². The Morgan fingerprint density at radius 2 is 1.70 bits per heavy atom. The summed E-state index contributed by atoms with van der Waals surface area (Å²) in [5, 5.41) is 1.79. The van der Waals surface area contributed by atoms with E-state index in [1.54, 1.807) is 12.1 Å². The predicted octanol–water partition coefficient (Wildman–Crippen LogP) is 6.80. The average molecular weight is 433 g/mol. The first-order valence-corrected chi connectivity index (χ1v) is 10.6. The molecule has 3 nitrogen and oxygen atoms in total. The van der Waals surface area contributed by atoms with Gasteiger partial charge in [-0.15, -0.1) is 0 Å². The van der Waals surface area contributed by atoms with E-state index in [9.17, 15) is 4.79 Å². The number of para-hydroxylation sites is 2. The van der Waals surface area contributed by atoms with Crippen molar-refractivity contribution >= 4 is 45.7 Å². The minimum atomic E-state index is -0.0120. The van der Waals surface area contributed by atoms with Gasteiger partial charge in [0.2, 0.25) is 0 Å². The van der Waals surface area contributed by atoms with Gasteiger partial charge in [0.15, 0.2) is 0 Å². The molecule has 2 heterocycles. The molecule has 0 saturated carbocycles. The summed E-state index contributed by atoms with van der Waals surface area (Å²) < 4.78 is 0. The molecular formula is C25H18Cl2N2O. The number of pyridine rings is 1. The Kier molecular flexibility index (Phi) is 4.93. The van der Waals surface area contributed by atoms with Gasteiger partial charge in [-0.05, 0) is 48.7 Å². The molecule has 1 amide bonds. The molecule has 0 fully saturated rings. The van der Waals surface area contributed by atoms with Crippen molar-refractivity contribution in [3.63, 3.8) is 0 Å². The molecule has 5 heteroatoms. The quantitative estimate of drug-likeness (QED) is 0.348. The lowest BCUT2D eigenvalue weighted by atomic mass is 9.99. The number of hydrogen-bond donors (Lipinski definition) is 0. The van der Waals surface area contributed by atoms with Crippen LogP contribution in [0.1, 0.15) is 22.3 Å². The van der Waals surface area contributed by atoms with Crippen LogP contribution in [0.3, 0.4) is 0 Å². The number of aromatic nitrogens is 1. The van der Waals surface area contributed by atoms with E-state index < -0.39 is 0 Å². The number of carbonyl (C=O) groups excluding carboxylic acids is 1. The van der Waals surface area contributed by atoms with Crippen molar-refractivity contribution < 1.29 is 4.79 Å². The lowest BCUT2D eigenvalue weighted by Gasteiger charge is -2.30. The van der Waals surface area contributed by atoms with Crippen LogP contribution >= 0.6 is 23.2 Å². The zero-order valence-electron chi connectivity index (χ0n) is 16.1. The molecule has 1 aromatic heterocycles. The van der Waals surface area contributed by atoms with Gasteiger partial charge < -0.3 is 4.90 Å².